The minimum Gasteiger partial charge on any atom is -0.386 e. The summed E-state index contributed by atoms with van der Waals surface area (Å²) in [5, 5.41) is 18.7. The monoisotopic (exact) mass is 414 g/mol. The fourth-order valence-electron chi connectivity index (χ4n) is 3.11. The molecule has 3 aromatic rings. The number of nitrogens with one attached hydrogen (secondary N) is 3. The van der Waals surface area contributed by atoms with E-state index in [-0.39, 0.29) is 5.91 Å². The highest BCUT2D eigenvalue weighted by Crippen LogP contribution is 2.36. The van der Waals surface area contributed by atoms with Crippen LogP contribution in [0.2, 0.25) is 0 Å². The molecule has 6 nitrogen and oxygen atoms in total. The predicted molar refractivity (Wildman–Crippen MR) is 107 cm³/mol. The molecule has 0 spiro atoms. The molecular weight excluding hydrogens is 397 g/mol. The number of pyridine rings is 1. The summed E-state index contributed by atoms with van der Waals surface area (Å²) < 4.78 is 40.6. The van der Waals surface area contributed by atoms with E-state index in [1.807, 2.05) is 0 Å². The lowest BCUT2D eigenvalue weighted by molar-refractivity contribution is 0.0786. The third kappa shape index (κ3) is 3.67. The highest BCUT2D eigenvalue weighted by molar-refractivity contribution is 6.12. The van der Waals surface area contributed by atoms with Gasteiger partial charge in [0.15, 0.2) is 0 Å². The second-order valence-corrected chi connectivity index (χ2v) is 7.38. The van der Waals surface area contributed by atoms with Gasteiger partial charge in [-0.15, -0.1) is 0 Å². The summed E-state index contributed by atoms with van der Waals surface area (Å²) >= 11 is 0. The Morgan fingerprint density at radius 3 is 2.47 bits per heavy atom. The number of aromatic nitrogens is 1. The van der Waals surface area contributed by atoms with Crippen molar-refractivity contribution in [3.63, 3.8) is 0 Å². The number of aliphatic hydroxyl groups is 1. The maximum Gasteiger partial charge on any atom is 0.257 e. The Kier molecular flexibility index (Phi) is 4.62. The SMILES string of the molecule is CC(C)(O)c1ccc2c(c1)NC(=O)c1ccc(Nc3cc(F)nc(F)c3F)cc1N2. The van der Waals surface area contributed by atoms with E-state index in [0.717, 1.165) is 6.07 Å². The standard InChI is InChI=1S/C21H17F3N4O2/c1-21(2,30)10-3-6-13-15(7-10)27-20(29)12-5-4-11(8-14(12)26-13)25-16-9-17(22)28-19(24)18(16)23/h3-9,26,30H,1-2H3,(H,25,28)(H,27,29). The summed E-state index contributed by atoms with van der Waals surface area (Å²) in [4.78, 5) is 15.4. The van der Waals surface area contributed by atoms with Crippen LogP contribution in [0.25, 0.3) is 0 Å². The van der Waals surface area contributed by atoms with E-state index in [0.29, 0.717) is 33.9 Å². The van der Waals surface area contributed by atoms with Gasteiger partial charge in [-0.2, -0.15) is 18.2 Å². The summed E-state index contributed by atoms with van der Waals surface area (Å²) in [5.41, 5.74) is 1.19. The van der Waals surface area contributed by atoms with Crippen molar-refractivity contribution in [3.8, 4) is 0 Å². The molecule has 1 aliphatic rings. The molecule has 0 unspecified atom stereocenters. The zero-order valence-electron chi connectivity index (χ0n) is 16.0. The first-order valence-corrected chi connectivity index (χ1v) is 9.00. The number of nitrogens with zero attached hydrogens (tertiary/aromatic N) is 1. The van der Waals surface area contributed by atoms with Gasteiger partial charge in [0.05, 0.1) is 33.9 Å². The molecule has 0 radical (unpaired) electrons. The minimum atomic E-state index is -1.55. The molecule has 0 aliphatic carbocycles. The number of halogens is 3. The molecule has 2 aromatic carbocycles. The van der Waals surface area contributed by atoms with Crippen molar-refractivity contribution in [2.24, 2.45) is 0 Å². The van der Waals surface area contributed by atoms with Crippen LogP contribution < -0.4 is 16.0 Å². The smallest absolute Gasteiger partial charge is 0.257 e. The van der Waals surface area contributed by atoms with Crippen LogP contribution in [0.1, 0.15) is 29.8 Å². The van der Waals surface area contributed by atoms with Crippen LogP contribution in [0.4, 0.5) is 41.6 Å². The summed E-state index contributed by atoms with van der Waals surface area (Å²) in [5.74, 6) is -4.43. The van der Waals surface area contributed by atoms with Crippen molar-refractivity contribution in [2.45, 2.75) is 19.4 Å². The van der Waals surface area contributed by atoms with Gasteiger partial charge in [-0.25, -0.2) is 0 Å². The number of anilines is 5. The molecule has 1 amide bonds. The van der Waals surface area contributed by atoms with Gasteiger partial charge in [0.1, 0.15) is 0 Å². The second kappa shape index (κ2) is 7.03. The quantitative estimate of drug-likeness (QED) is 0.464. The Balaban J connectivity index is 1.70. The molecule has 0 fully saturated rings. The van der Waals surface area contributed by atoms with E-state index in [1.54, 1.807) is 32.0 Å². The number of carbonyl (C=O) groups is 1. The summed E-state index contributed by atoms with van der Waals surface area (Å²) in [7, 11) is 0. The van der Waals surface area contributed by atoms with Crippen molar-refractivity contribution in [1.82, 2.24) is 4.98 Å². The van der Waals surface area contributed by atoms with Gasteiger partial charge in [-0.05, 0) is 49.7 Å². The van der Waals surface area contributed by atoms with Gasteiger partial charge in [-0.1, -0.05) is 6.07 Å². The highest BCUT2D eigenvalue weighted by Gasteiger charge is 2.23. The summed E-state index contributed by atoms with van der Waals surface area (Å²) in [6.45, 7) is 3.27. The third-order valence-electron chi connectivity index (χ3n) is 4.67. The molecule has 30 heavy (non-hydrogen) atoms. The Morgan fingerprint density at radius 2 is 1.73 bits per heavy atom. The molecule has 1 aliphatic heterocycles. The van der Waals surface area contributed by atoms with Crippen molar-refractivity contribution in [1.29, 1.82) is 0 Å². The summed E-state index contributed by atoms with van der Waals surface area (Å²) in [6.07, 6.45) is 0. The van der Waals surface area contributed by atoms with Gasteiger partial charge in [-0.3, -0.25) is 4.79 Å². The molecule has 9 heteroatoms. The molecule has 0 bridgehead atoms. The number of benzene rings is 2. The van der Waals surface area contributed by atoms with E-state index in [4.69, 9.17) is 0 Å². The zero-order valence-corrected chi connectivity index (χ0v) is 16.0. The number of hydrogen-bond acceptors (Lipinski definition) is 5. The molecule has 1 aromatic heterocycles. The lowest BCUT2D eigenvalue weighted by Crippen LogP contribution is -2.16. The summed E-state index contributed by atoms with van der Waals surface area (Å²) in [6, 6.07) is 10.3. The number of fused-ring (bicyclic) bond motifs is 2. The fourth-order valence-corrected chi connectivity index (χ4v) is 3.11. The van der Waals surface area contributed by atoms with Gasteiger partial charge in [0.25, 0.3) is 11.9 Å². The molecular formula is C21H17F3N4O2. The Bertz CT molecular complexity index is 1180. The van der Waals surface area contributed by atoms with Gasteiger partial charge >= 0.3 is 0 Å². The Morgan fingerprint density at radius 1 is 0.967 bits per heavy atom. The minimum absolute atomic E-state index is 0.300. The van der Waals surface area contributed by atoms with Crippen LogP contribution in [-0.4, -0.2) is 16.0 Å². The molecule has 2 heterocycles. The van der Waals surface area contributed by atoms with Crippen molar-refractivity contribution < 1.29 is 23.1 Å². The molecule has 4 rings (SSSR count). The predicted octanol–water partition coefficient (Wildman–Crippen LogP) is 4.78. The molecule has 0 saturated heterocycles. The molecule has 0 saturated carbocycles. The van der Waals surface area contributed by atoms with E-state index < -0.39 is 29.0 Å². The first-order valence-electron chi connectivity index (χ1n) is 9.00. The third-order valence-corrected chi connectivity index (χ3v) is 4.67. The molecule has 4 N–H and O–H groups in total. The maximum absolute atomic E-state index is 13.9. The van der Waals surface area contributed by atoms with E-state index >= 15 is 0 Å². The topological polar surface area (TPSA) is 86.3 Å². The number of rotatable bonds is 3. The molecule has 154 valence electrons. The van der Waals surface area contributed by atoms with Crippen LogP contribution >= 0.6 is 0 Å². The van der Waals surface area contributed by atoms with Crippen molar-refractivity contribution in [3.05, 3.63) is 71.3 Å². The average Bonchev–Trinajstić information content (AvgIpc) is 2.79. The van der Waals surface area contributed by atoms with Gasteiger partial charge < -0.3 is 21.1 Å². The van der Waals surface area contributed by atoms with E-state index in [1.165, 1.54) is 18.2 Å². The Hall–Kier alpha value is -3.59. The van der Waals surface area contributed by atoms with E-state index in [2.05, 4.69) is 20.9 Å². The fraction of sp³-hybridized carbons (Fsp3) is 0.143. The first-order chi connectivity index (χ1) is 14.1. The number of amides is 1. The largest absolute Gasteiger partial charge is 0.386 e. The highest BCUT2D eigenvalue weighted by atomic mass is 19.2. The normalized spacial score (nSPS) is 12.9. The van der Waals surface area contributed by atoms with Crippen LogP contribution in [-0.2, 0) is 5.60 Å². The van der Waals surface area contributed by atoms with Crippen LogP contribution in [0.5, 0.6) is 0 Å². The lowest BCUT2D eigenvalue weighted by atomic mass is 9.97. The van der Waals surface area contributed by atoms with Crippen LogP contribution in [0.15, 0.2) is 42.5 Å². The zero-order chi connectivity index (χ0) is 21.6. The molecule has 0 atom stereocenters. The second-order valence-electron chi connectivity index (χ2n) is 7.38. The first kappa shape index (κ1) is 19.7. The maximum atomic E-state index is 13.9. The number of hydrogen-bond donors (Lipinski definition) is 4. The lowest BCUT2D eigenvalue weighted by Gasteiger charge is -2.20. The number of carbonyl (C=O) groups excluding carboxylic acids is 1. The average molecular weight is 414 g/mol. The van der Waals surface area contributed by atoms with Crippen molar-refractivity contribution in [2.75, 3.05) is 16.0 Å². The van der Waals surface area contributed by atoms with Crippen LogP contribution in [0.3, 0.4) is 0 Å². The van der Waals surface area contributed by atoms with Gasteiger partial charge in [0.2, 0.25) is 11.8 Å². The van der Waals surface area contributed by atoms with Crippen molar-refractivity contribution >= 4 is 34.3 Å². The van der Waals surface area contributed by atoms with E-state index in [9.17, 15) is 23.1 Å². The Labute approximate surface area is 169 Å². The van der Waals surface area contributed by atoms with Crippen LogP contribution in [0, 0.1) is 17.7 Å². The van der Waals surface area contributed by atoms with Gasteiger partial charge in [0, 0.05) is 11.8 Å².